The number of carbonyl (C=O) groups excluding carboxylic acids is 1. The zero-order valence-electron chi connectivity index (χ0n) is 40.4. The SMILES string of the molecule is CNC[C@H](CN)C[C@@H](c1cnc[nH]1)[C@@H]1NC(=O)[C@H](CO)[C@H]1C[C@@H]1[C@@H](O)[C@@H](O[C@@H]2OC[C@@H](O)[C@H](O)[C@H]2O)[C@@](C)(CO)[C@H]2CC[C@]3(C)[C@H](CC=C4[C@@H]5C[C@@](C)(CO)CC[C@]5(C(=O)O)CC[C@]43C)[C@@]12C. The molecule has 0 aromatic carbocycles. The number of rotatable bonds is 15. The molecule has 0 unspecified atom stereocenters. The quantitative estimate of drug-likeness (QED) is 0.0880. The van der Waals surface area contributed by atoms with Crippen LogP contribution in [0.1, 0.15) is 110 Å². The molecule has 3 heterocycles. The molecule has 13 N–H and O–H groups in total. The second-order valence-electron chi connectivity index (χ2n) is 23.6. The third-order valence-corrected chi connectivity index (χ3v) is 20.6. The normalized spacial score (nSPS) is 48.2. The summed E-state index contributed by atoms with van der Waals surface area (Å²) in [6.07, 6.45) is 2.84. The van der Waals surface area contributed by atoms with Crippen LogP contribution in [0.25, 0.3) is 0 Å². The monoisotopic (exact) mass is 944 g/mol. The number of hydrogen-bond acceptors (Lipinski definition) is 14. The minimum atomic E-state index is -1.65. The molecule has 1 aromatic heterocycles. The third-order valence-electron chi connectivity index (χ3n) is 20.6. The van der Waals surface area contributed by atoms with Crippen molar-refractivity contribution in [1.29, 1.82) is 0 Å². The Labute approximate surface area is 395 Å². The van der Waals surface area contributed by atoms with Gasteiger partial charge in [0.25, 0.3) is 0 Å². The van der Waals surface area contributed by atoms with Crippen molar-refractivity contribution >= 4 is 11.9 Å². The fourth-order valence-corrected chi connectivity index (χ4v) is 16.5. The Kier molecular flexibility index (Phi) is 14.1. The van der Waals surface area contributed by atoms with Crippen molar-refractivity contribution in [2.24, 2.45) is 79.6 Å². The largest absolute Gasteiger partial charge is 0.481 e. The number of allylic oxidation sites excluding steroid dienone is 2. The van der Waals surface area contributed by atoms with Crippen LogP contribution in [0.3, 0.4) is 0 Å². The molecule has 4 saturated carbocycles. The molecular weight excluding hydrogens is 863 g/mol. The van der Waals surface area contributed by atoms with Crippen LogP contribution in [-0.2, 0) is 19.1 Å². The van der Waals surface area contributed by atoms with Gasteiger partial charge < -0.3 is 71.7 Å². The first-order valence-corrected chi connectivity index (χ1v) is 25.1. The second-order valence-corrected chi connectivity index (χ2v) is 23.6. The first-order chi connectivity index (χ1) is 31.7. The van der Waals surface area contributed by atoms with Crippen LogP contribution in [0, 0.1) is 73.9 Å². The number of carboxylic acids is 1. The minimum Gasteiger partial charge on any atom is -0.481 e. The number of aromatic nitrogens is 2. The number of aliphatic carboxylic acids is 1. The maximum atomic E-state index is 14.2. The predicted octanol–water partition coefficient (Wildman–Crippen LogP) is 1.64. The second kappa shape index (κ2) is 18.6. The van der Waals surface area contributed by atoms with E-state index in [9.17, 15) is 50.4 Å². The van der Waals surface area contributed by atoms with E-state index < -0.39 is 106 Å². The number of nitrogens with two attached hydrogens (primary N) is 1. The van der Waals surface area contributed by atoms with Gasteiger partial charge in [-0.05, 0) is 142 Å². The Balaban J connectivity index is 1.26. The van der Waals surface area contributed by atoms with Gasteiger partial charge in [-0.25, -0.2) is 4.98 Å². The first-order valence-electron chi connectivity index (χ1n) is 25.1. The zero-order chi connectivity index (χ0) is 48.6. The van der Waals surface area contributed by atoms with Gasteiger partial charge in [0.1, 0.15) is 18.3 Å². The number of aliphatic hydroxyl groups is 7. The number of nitrogens with one attached hydrogen (secondary N) is 3. The average molecular weight is 944 g/mol. The van der Waals surface area contributed by atoms with Crippen LogP contribution in [0.2, 0.25) is 0 Å². The van der Waals surface area contributed by atoms with Crippen molar-refractivity contribution in [2.45, 2.75) is 148 Å². The summed E-state index contributed by atoms with van der Waals surface area (Å²) in [6, 6.07) is -0.504. The van der Waals surface area contributed by atoms with Gasteiger partial charge in [-0.15, -0.1) is 0 Å². The van der Waals surface area contributed by atoms with E-state index in [2.05, 4.69) is 54.4 Å². The number of aromatic amines is 1. The number of imidazole rings is 1. The Bertz CT molecular complexity index is 1980. The molecule has 7 aliphatic rings. The van der Waals surface area contributed by atoms with Gasteiger partial charge in [0.15, 0.2) is 6.29 Å². The molecule has 8 rings (SSSR count). The average Bonchev–Trinajstić information content (AvgIpc) is 3.95. The molecule has 21 atom stereocenters. The molecule has 1 aromatic rings. The summed E-state index contributed by atoms with van der Waals surface area (Å²) >= 11 is 0. The number of H-pyrrole nitrogens is 1. The topological polar surface area (TPSA) is 293 Å². The molecule has 17 nitrogen and oxygen atoms in total. The summed E-state index contributed by atoms with van der Waals surface area (Å²) in [5, 5.41) is 96.8. The minimum absolute atomic E-state index is 0.0220. The lowest BCUT2D eigenvalue weighted by atomic mass is 9.31. The van der Waals surface area contributed by atoms with Crippen molar-refractivity contribution in [3.63, 3.8) is 0 Å². The molecule has 0 spiro atoms. The first kappa shape index (κ1) is 50.8. The highest BCUT2D eigenvalue weighted by molar-refractivity contribution is 5.82. The lowest BCUT2D eigenvalue weighted by molar-refractivity contribution is -0.340. The summed E-state index contributed by atoms with van der Waals surface area (Å²) in [5.41, 5.74) is 4.19. The van der Waals surface area contributed by atoms with Crippen molar-refractivity contribution in [1.82, 2.24) is 20.6 Å². The number of aliphatic hydroxyl groups excluding tert-OH is 7. The molecule has 2 aliphatic heterocycles. The number of carbonyl (C=O) groups is 2. The van der Waals surface area contributed by atoms with Gasteiger partial charge in [0.05, 0.1) is 49.7 Å². The van der Waals surface area contributed by atoms with Gasteiger partial charge in [0.2, 0.25) is 5.91 Å². The maximum Gasteiger partial charge on any atom is 0.310 e. The molecule has 378 valence electrons. The molecule has 1 amide bonds. The van der Waals surface area contributed by atoms with Gasteiger partial charge >= 0.3 is 5.97 Å². The molecule has 0 bridgehead atoms. The lowest BCUT2D eigenvalue weighted by Gasteiger charge is -2.73. The van der Waals surface area contributed by atoms with Crippen LogP contribution in [0.4, 0.5) is 0 Å². The molecule has 67 heavy (non-hydrogen) atoms. The van der Waals surface area contributed by atoms with E-state index in [1.807, 2.05) is 14.0 Å². The van der Waals surface area contributed by atoms with Gasteiger partial charge in [-0.3, -0.25) is 9.59 Å². The van der Waals surface area contributed by atoms with E-state index in [4.69, 9.17) is 15.2 Å². The highest BCUT2D eigenvalue weighted by atomic mass is 16.7. The number of hydrogen-bond donors (Lipinski definition) is 12. The molecule has 5 aliphatic carbocycles. The molecule has 17 heteroatoms. The maximum absolute atomic E-state index is 14.2. The van der Waals surface area contributed by atoms with Crippen LogP contribution in [0.15, 0.2) is 24.2 Å². The van der Waals surface area contributed by atoms with Gasteiger partial charge in [0, 0.05) is 35.9 Å². The van der Waals surface area contributed by atoms with Crippen LogP contribution in [0.5, 0.6) is 0 Å². The Morgan fingerprint density at radius 3 is 2.36 bits per heavy atom. The van der Waals surface area contributed by atoms with Crippen LogP contribution in [-0.4, -0.2) is 152 Å². The number of fused-ring (bicyclic) bond motifs is 7. The Hall–Kier alpha value is -2.55. The summed E-state index contributed by atoms with van der Waals surface area (Å²) < 4.78 is 12.5. The summed E-state index contributed by atoms with van der Waals surface area (Å²) in [6.45, 7) is 10.7. The van der Waals surface area contributed by atoms with Crippen molar-refractivity contribution in [3.8, 4) is 0 Å². The standard InChI is InChI=1S/C50H81N5O12/c1-45(23-57)11-13-50(44(64)65)14-12-47(3)30(32(50)17-45)7-8-36-48(47,4)10-9-35-46(2,24-58)41(67-43-40(62)39(61)34(59)22-66-43)38(60)31(49(35,36)5)16-27-29(21-56)42(63)55-37(27)28(33-20-53-25-54-33)15-26(18-51)19-52-6/h7,20,25-29,31-32,34-41,43,52,56-62H,8-19,21-24,51H2,1-6H3,(H,53,54)(H,55,63)(H,64,65)/t26-,27+,28-,29+,31+,32-,34+,35+,36-,37+,38+,39-,40+,41+,43-,45-,46-,47+,48+,49-,50-/m0/s1. The fraction of sp³-hybridized carbons (Fsp3) is 0.860. The van der Waals surface area contributed by atoms with Crippen molar-refractivity contribution in [3.05, 3.63) is 29.9 Å². The molecule has 0 radical (unpaired) electrons. The number of ether oxygens (including phenoxy) is 2. The number of nitrogens with zero attached hydrogens (tertiary/aromatic N) is 1. The third kappa shape index (κ3) is 7.78. The van der Waals surface area contributed by atoms with E-state index in [-0.39, 0.29) is 61.7 Å². The molecule has 2 saturated heterocycles. The van der Waals surface area contributed by atoms with E-state index in [1.165, 1.54) is 0 Å². The number of carboxylic acid groups (broad SMARTS) is 1. The highest BCUT2D eigenvalue weighted by Crippen LogP contribution is 2.77. The summed E-state index contributed by atoms with van der Waals surface area (Å²) in [5.74, 6) is -3.97. The van der Waals surface area contributed by atoms with E-state index in [0.29, 0.717) is 64.5 Å². The highest BCUT2D eigenvalue weighted by Gasteiger charge is 2.74. The van der Waals surface area contributed by atoms with Crippen LogP contribution < -0.4 is 16.4 Å². The summed E-state index contributed by atoms with van der Waals surface area (Å²) in [4.78, 5) is 35.3. The van der Waals surface area contributed by atoms with E-state index >= 15 is 0 Å². The summed E-state index contributed by atoms with van der Waals surface area (Å²) in [7, 11) is 1.87. The molecule has 6 fully saturated rings. The van der Waals surface area contributed by atoms with Crippen LogP contribution >= 0.6 is 0 Å². The van der Waals surface area contributed by atoms with E-state index in [0.717, 1.165) is 17.7 Å². The van der Waals surface area contributed by atoms with Crippen molar-refractivity contribution < 1.29 is 59.9 Å². The lowest BCUT2D eigenvalue weighted by Crippen LogP contribution is -2.72. The fourth-order valence-electron chi connectivity index (χ4n) is 16.5. The predicted molar refractivity (Wildman–Crippen MR) is 245 cm³/mol. The number of amides is 1. The van der Waals surface area contributed by atoms with Crippen molar-refractivity contribution in [2.75, 3.05) is 46.6 Å². The van der Waals surface area contributed by atoms with Gasteiger partial charge in [-0.2, -0.15) is 0 Å². The molecular formula is C50H81N5O12. The van der Waals surface area contributed by atoms with Gasteiger partial charge in [-0.1, -0.05) is 46.3 Å². The van der Waals surface area contributed by atoms with E-state index in [1.54, 1.807) is 12.5 Å². The smallest absolute Gasteiger partial charge is 0.310 e. The Morgan fingerprint density at radius 1 is 1.00 bits per heavy atom. The zero-order valence-corrected chi connectivity index (χ0v) is 40.4. The Morgan fingerprint density at radius 2 is 1.73 bits per heavy atom.